The zero-order valence-corrected chi connectivity index (χ0v) is 25.5. The van der Waals surface area contributed by atoms with E-state index in [0.29, 0.717) is 12.5 Å². The summed E-state index contributed by atoms with van der Waals surface area (Å²) in [5, 5.41) is 10.8. The molecule has 38 heavy (non-hydrogen) atoms. The van der Waals surface area contributed by atoms with Crippen LogP contribution in [0.1, 0.15) is 83.1 Å². The van der Waals surface area contributed by atoms with Crippen LogP contribution < -0.4 is 0 Å². The van der Waals surface area contributed by atoms with Crippen molar-refractivity contribution in [3.8, 4) is 0 Å². The Hall–Kier alpha value is -2.10. The van der Waals surface area contributed by atoms with Crippen LogP contribution in [-0.2, 0) is 28.8 Å². The van der Waals surface area contributed by atoms with Gasteiger partial charge in [0, 0.05) is 13.1 Å². The number of carbonyl (C=O) groups is 6. The van der Waals surface area contributed by atoms with Crippen molar-refractivity contribution in [1.29, 1.82) is 0 Å². The number of hydrogen-bond donors (Lipinski definition) is 1. The second-order valence-corrected chi connectivity index (χ2v) is 13.8. The molecule has 216 valence electrons. The molecule has 2 aliphatic rings. The Labute approximate surface area is 227 Å². The first-order valence-electron chi connectivity index (χ1n) is 13.3. The first-order chi connectivity index (χ1) is 16.9. The van der Waals surface area contributed by atoms with Gasteiger partial charge in [-0.25, -0.2) is 0 Å². The van der Waals surface area contributed by atoms with E-state index in [-0.39, 0.29) is 35.6 Å². The van der Waals surface area contributed by atoms with E-state index in [1.54, 1.807) is 39.6 Å². The predicted molar refractivity (Wildman–Crippen MR) is 144 cm³/mol. The number of Topliss-reactive ketones (excluding diaryl/α,β-unsaturated/α-hetero) is 6. The van der Waals surface area contributed by atoms with Crippen molar-refractivity contribution in [1.82, 2.24) is 9.96 Å². The minimum absolute atomic E-state index is 0.106. The summed E-state index contributed by atoms with van der Waals surface area (Å²) in [7, 11) is 1.78. The molecular weight excluding hydrogens is 488 g/mol. The van der Waals surface area contributed by atoms with E-state index in [4.69, 9.17) is 0 Å². The molecule has 2 rings (SSSR count). The number of nitrogens with zero attached hydrogens (tertiary/aromatic N) is 2. The van der Waals surface area contributed by atoms with Crippen molar-refractivity contribution in [2.45, 2.75) is 95.2 Å². The molecule has 2 saturated carbocycles. The highest BCUT2D eigenvalue weighted by Gasteiger charge is 2.60. The molecule has 0 unspecified atom stereocenters. The Morgan fingerprint density at radius 2 is 0.842 bits per heavy atom. The van der Waals surface area contributed by atoms with Crippen LogP contribution in [0.2, 0.25) is 0 Å². The van der Waals surface area contributed by atoms with Crippen LogP contribution in [0, 0.1) is 33.5 Å². The van der Waals surface area contributed by atoms with Crippen LogP contribution in [0.4, 0.5) is 0 Å². The Bertz CT molecular complexity index is 864. The van der Waals surface area contributed by atoms with Gasteiger partial charge in [-0.05, 0) is 74.3 Å². The molecule has 0 aromatic rings. The maximum Gasteiger partial charge on any atom is 0.172 e. The molecule has 0 aromatic carbocycles. The number of rotatable bonds is 6. The van der Waals surface area contributed by atoms with Crippen molar-refractivity contribution < 1.29 is 34.0 Å². The zero-order chi connectivity index (χ0) is 30.3. The number of ketones is 6. The lowest BCUT2D eigenvalue weighted by Crippen LogP contribution is -2.64. The highest BCUT2D eigenvalue weighted by molar-refractivity contribution is 6.31. The van der Waals surface area contributed by atoms with E-state index in [9.17, 15) is 34.0 Å². The summed E-state index contributed by atoms with van der Waals surface area (Å²) >= 11 is 0. The molecule has 0 bridgehead atoms. The standard InChI is InChI=1S/C15H25NO3.C14H23NO4/c1-9(2)8-16(7)10-11(17)14(3,4)13(19)15(5,6)12(10)18;1-8(2)7-15(19)9-10(16)13(3,4)12(18)14(5,6)11(9)17/h9-10H,8H2,1-7H3;8-9,19H,7H2,1-6H3. The van der Waals surface area contributed by atoms with Crippen molar-refractivity contribution >= 4 is 34.7 Å². The van der Waals surface area contributed by atoms with Gasteiger partial charge in [-0.2, -0.15) is 5.06 Å². The molecule has 9 heteroatoms. The fraction of sp³-hybridized carbons (Fsp3) is 0.793. The Morgan fingerprint density at radius 3 is 1.11 bits per heavy atom. The second kappa shape index (κ2) is 11.2. The molecule has 0 heterocycles. The number of hydroxylamine groups is 2. The van der Waals surface area contributed by atoms with Gasteiger partial charge in [0.05, 0.1) is 21.7 Å². The molecule has 0 amide bonds. The van der Waals surface area contributed by atoms with E-state index in [2.05, 4.69) is 0 Å². The third kappa shape index (κ3) is 6.05. The van der Waals surface area contributed by atoms with Gasteiger partial charge in [0.1, 0.15) is 6.04 Å². The van der Waals surface area contributed by atoms with Gasteiger partial charge in [-0.1, -0.05) is 27.7 Å². The lowest BCUT2D eigenvalue weighted by Gasteiger charge is -2.43. The van der Waals surface area contributed by atoms with Crippen LogP contribution in [-0.4, -0.2) is 82.1 Å². The summed E-state index contributed by atoms with van der Waals surface area (Å²) in [4.78, 5) is 76.0. The lowest BCUT2D eigenvalue weighted by molar-refractivity contribution is -0.183. The second-order valence-electron chi connectivity index (χ2n) is 13.8. The quantitative estimate of drug-likeness (QED) is 0.402. The molecule has 0 spiro atoms. The van der Waals surface area contributed by atoms with Crippen LogP contribution in [0.5, 0.6) is 0 Å². The highest BCUT2D eigenvalue weighted by atomic mass is 16.5. The molecule has 9 nitrogen and oxygen atoms in total. The first-order valence-corrected chi connectivity index (χ1v) is 13.3. The number of hydrogen-bond acceptors (Lipinski definition) is 9. The normalized spacial score (nSPS) is 23.5. The van der Waals surface area contributed by atoms with Crippen molar-refractivity contribution in [3.63, 3.8) is 0 Å². The predicted octanol–water partition coefficient (Wildman–Crippen LogP) is 3.19. The fourth-order valence-electron chi connectivity index (χ4n) is 5.45. The van der Waals surface area contributed by atoms with Gasteiger partial charge in [0.25, 0.3) is 0 Å². The smallest absolute Gasteiger partial charge is 0.172 e. The fourth-order valence-corrected chi connectivity index (χ4v) is 5.45. The Kier molecular flexibility index (Phi) is 9.98. The topological polar surface area (TPSA) is 129 Å². The summed E-state index contributed by atoms with van der Waals surface area (Å²) in [6.45, 7) is 21.3. The minimum Gasteiger partial charge on any atom is -0.313 e. The molecule has 0 aliphatic heterocycles. The maximum atomic E-state index is 12.5. The van der Waals surface area contributed by atoms with Crippen molar-refractivity contribution in [2.24, 2.45) is 33.5 Å². The largest absolute Gasteiger partial charge is 0.313 e. The minimum atomic E-state index is -1.25. The van der Waals surface area contributed by atoms with Crippen LogP contribution in [0.25, 0.3) is 0 Å². The molecule has 0 radical (unpaired) electrons. The molecule has 0 saturated heterocycles. The van der Waals surface area contributed by atoms with E-state index in [1.807, 2.05) is 27.7 Å². The highest BCUT2D eigenvalue weighted by Crippen LogP contribution is 2.40. The third-order valence-corrected chi connectivity index (χ3v) is 7.67. The van der Waals surface area contributed by atoms with Gasteiger partial charge < -0.3 is 5.21 Å². The molecule has 0 atom stereocenters. The van der Waals surface area contributed by atoms with Crippen molar-refractivity contribution in [2.75, 3.05) is 20.1 Å². The van der Waals surface area contributed by atoms with Gasteiger partial charge >= 0.3 is 0 Å². The number of carbonyl (C=O) groups excluding carboxylic acids is 6. The molecular formula is C29H48N2O7. The average molecular weight is 537 g/mol. The molecule has 2 fully saturated rings. The molecule has 0 aromatic heterocycles. The zero-order valence-electron chi connectivity index (χ0n) is 25.5. The van der Waals surface area contributed by atoms with E-state index in [1.165, 1.54) is 27.7 Å². The first kappa shape index (κ1) is 33.9. The third-order valence-electron chi connectivity index (χ3n) is 7.67. The van der Waals surface area contributed by atoms with E-state index in [0.717, 1.165) is 5.06 Å². The van der Waals surface area contributed by atoms with Gasteiger partial charge in [0.2, 0.25) is 0 Å². The van der Waals surface area contributed by atoms with E-state index >= 15 is 0 Å². The summed E-state index contributed by atoms with van der Waals surface area (Å²) in [5.41, 5.74) is -4.68. The average Bonchev–Trinajstić information content (AvgIpc) is 2.75. The summed E-state index contributed by atoms with van der Waals surface area (Å²) < 4.78 is 0. The van der Waals surface area contributed by atoms with Crippen LogP contribution in [0.3, 0.4) is 0 Å². The van der Waals surface area contributed by atoms with Crippen LogP contribution in [0.15, 0.2) is 0 Å². The molecule has 1 N–H and O–H groups in total. The maximum absolute atomic E-state index is 12.5. The van der Waals surface area contributed by atoms with E-state index < -0.39 is 45.3 Å². The van der Waals surface area contributed by atoms with Gasteiger partial charge in [-0.15, -0.1) is 0 Å². The SMILES string of the molecule is CC(C)CN(C)C1C(=O)C(C)(C)C(=O)C(C)(C)C1=O.CC(C)CN(O)C1C(=O)C(C)(C)C(=O)C(C)(C)C1=O. The summed E-state index contributed by atoms with van der Waals surface area (Å²) in [6.07, 6.45) is 0. The van der Waals surface area contributed by atoms with Crippen molar-refractivity contribution in [3.05, 3.63) is 0 Å². The van der Waals surface area contributed by atoms with Crippen LogP contribution >= 0.6 is 0 Å². The Balaban J connectivity index is 0.000000380. The van der Waals surface area contributed by atoms with Gasteiger partial charge in [-0.3, -0.25) is 33.7 Å². The lowest BCUT2D eigenvalue weighted by atomic mass is 9.60. The molecule has 2 aliphatic carbocycles. The van der Waals surface area contributed by atoms with Gasteiger partial charge in [0.15, 0.2) is 40.7 Å². The summed E-state index contributed by atoms with van der Waals surface area (Å²) in [6, 6.07) is -2.05. The Morgan fingerprint density at radius 1 is 0.579 bits per heavy atom. The number of likely N-dealkylation sites (N-methyl/N-ethyl adjacent to an activating group) is 1. The summed E-state index contributed by atoms with van der Waals surface area (Å²) in [5.74, 6) is -1.79. The monoisotopic (exact) mass is 536 g/mol.